The lowest BCUT2D eigenvalue weighted by atomic mass is 9.86. The van der Waals surface area contributed by atoms with E-state index in [4.69, 9.17) is 15.2 Å². The molecule has 2 aromatic heterocycles. The van der Waals surface area contributed by atoms with Crippen molar-refractivity contribution in [1.82, 2.24) is 14.5 Å². The zero-order chi connectivity index (χ0) is 17.4. The summed E-state index contributed by atoms with van der Waals surface area (Å²) in [7, 11) is 3.30. The molecule has 25 heavy (non-hydrogen) atoms. The summed E-state index contributed by atoms with van der Waals surface area (Å²) in [5.41, 5.74) is 8.77. The van der Waals surface area contributed by atoms with E-state index in [1.165, 1.54) is 12.8 Å². The van der Waals surface area contributed by atoms with Gasteiger partial charge in [0.25, 0.3) is 0 Å². The molecule has 2 N–H and O–H groups in total. The third kappa shape index (κ3) is 2.70. The Balaban J connectivity index is 1.84. The molecule has 0 amide bonds. The highest BCUT2D eigenvalue weighted by Gasteiger charge is 2.23. The molecule has 1 aromatic carbocycles. The molecule has 0 radical (unpaired) electrons. The molecule has 0 saturated heterocycles. The minimum atomic E-state index is 0.464. The van der Waals surface area contributed by atoms with E-state index >= 15 is 0 Å². The van der Waals surface area contributed by atoms with Crippen molar-refractivity contribution in [2.45, 2.75) is 31.7 Å². The Labute approximate surface area is 146 Å². The predicted molar refractivity (Wildman–Crippen MR) is 98.2 cm³/mol. The third-order valence-electron chi connectivity index (χ3n) is 5.45. The summed E-state index contributed by atoms with van der Waals surface area (Å²) in [6.45, 7) is 0.793. The van der Waals surface area contributed by atoms with Crippen molar-refractivity contribution in [3.63, 3.8) is 0 Å². The first-order valence-corrected chi connectivity index (χ1v) is 8.82. The molecule has 132 valence electrons. The van der Waals surface area contributed by atoms with Crippen molar-refractivity contribution in [3.05, 3.63) is 24.7 Å². The fourth-order valence-electron chi connectivity index (χ4n) is 3.98. The molecule has 0 atom stereocenters. The fourth-order valence-corrected chi connectivity index (χ4v) is 3.98. The number of ether oxygens (including phenoxy) is 2. The number of benzene rings is 1. The smallest absolute Gasteiger partial charge is 0.162 e. The number of imidazole rings is 1. The van der Waals surface area contributed by atoms with E-state index in [1.807, 2.05) is 24.7 Å². The Morgan fingerprint density at radius 1 is 1.04 bits per heavy atom. The first kappa shape index (κ1) is 16.1. The zero-order valence-electron chi connectivity index (χ0n) is 14.7. The van der Waals surface area contributed by atoms with Crippen LogP contribution in [0.5, 0.6) is 11.5 Å². The Hall–Kier alpha value is -2.34. The number of nitrogens with zero attached hydrogens (tertiary/aromatic N) is 3. The SMILES string of the molecule is COc1cc2ncc3ncn(C4CCC(CN)CC4)c3c2cc1OC. The predicted octanol–water partition coefficient (Wildman–Crippen LogP) is 3.29. The van der Waals surface area contributed by atoms with Gasteiger partial charge >= 0.3 is 0 Å². The van der Waals surface area contributed by atoms with Crippen molar-refractivity contribution in [1.29, 1.82) is 0 Å². The Morgan fingerprint density at radius 2 is 1.76 bits per heavy atom. The van der Waals surface area contributed by atoms with Crippen LogP contribution in [0.25, 0.3) is 21.9 Å². The zero-order valence-corrected chi connectivity index (χ0v) is 14.7. The second-order valence-electron chi connectivity index (χ2n) is 6.78. The van der Waals surface area contributed by atoms with Gasteiger partial charge < -0.3 is 19.8 Å². The van der Waals surface area contributed by atoms with Crippen molar-refractivity contribution >= 4 is 21.9 Å². The van der Waals surface area contributed by atoms with Gasteiger partial charge in [0, 0.05) is 17.5 Å². The number of aromatic nitrogens is 3. The Kier molecular flexibility index (Phi) is 4.21. The maximum Gasteiger partial charge on any atom is 0.162 e. The summed E-state index contributed by atoms with van der Waals surface area (Å²) in [4.78, 5) is 9.13. The summed E-state index contributed by atoms with van der Waals surface area (Å²) in [5, 5.41) is 1.05. The van der Waals surface area contributed by atoms with Crippen molar-refractivity contribution in [2.24, 2.45) is 11.7 Å². The number of methoxy groups -OCH3 is 2. The summed E-state index contributed by atoms with van der Waals surface area (Å²) in [6, 6.07) is 4.40. The summed E-state index contributed by atoms with van der Waals surface area (Å²) in [6.07, 6.45) is 8.44. The number of nitrogens with two attached hydrogens (primary N) is 1. The molecule has 0 bridgehead atoms. The van der Waals surface area contributed by atoms with Gasteiger partial charge in [-0.15, -0.1) is 0 Å². The third-order valence-corrected chi connectivity index (χ3v) is 5.45. The van der Waals surface area contributed by atoms with Crippen molar-refractivity contribution < 1.29 is 9.47 Å². The monoisotopic (exact) mass is 340 g/mol. The second kappa shape index (κ2) is 6.52. The summed E-state index contributed by atoms with van der Waals surface area (Å²) in [5.74, 6) is 2.06. The molecule has 1 fully saturated rings. The van der Waals surface area contributed by atoms with Gasteiger partial charge in [-0.1, -0.05) is 0 Å². The van der Waals surface area contributed by atoms with Gasteiger partial charge in [-0.3, -0.25) is 4.98 Å². The van der Waals surface area contributed by atoms with Crippen LogP contribution in [0.4, 0.5) is 0 Å². The quantitative estimate of drug-likeness (QED) is 0.789. The lowest BCUT2D eigenvalue weighted by Crippen LogP contribution is -2.23. The number of rotatable bonds is 4. The van der Waals surface area contributed by atoms with E-state index in [0.29, 0.717) is 23.5 Å². The Bertz CT molecular complexity index is 897. The first-order chi connectivity index (χ1) is 12.2. The fraction of sp³-hybridized carbons (Fsp3) is 0.474. The lowest BCUT2D eigenvalue weighted by molar-refractivity contribution is 0.283. The van der Waals surface area contributed by atoms with E-state index in [9.17, 15) is 0 Å². The molecule has 3 aromatic rings. The molecular formula is C19H24N4O2. The van der Waals surface area contributed by atoms with Crippen LogP contribution in [-0.4, -0.2) is 35.3 Å². The number of fused-ring (bicyclic) bond motifs is 3. The van der Waals surface area contributed by atoms with Gasteiger partial charge in [0.1, 0.15) is 5.52 Å². The van der Waals surface area contributed by atoms with Crippen LogP contribution in [-0.2, 0) is 0 Å². The average molecular weight is 340 g/mol. The normalized spacial score (nSPS) is 20.9. The maximum atomic E-state index is 5.84. The summed E-state index contributed by atoms with van der Waals surface area (Å²) < 4.78 is 13.2. The number of hydrogen-bond donors (Lipinski definition) is 1. The van der Waals surface area contributed by atoms with Crippen LogP contribution in [0.15, 0.2) is 24.7 Å². The van der Waals surface area contributed by atoms with E-state index in [0.717, 1.165) is 41.3 Å². The van der Waals surface area contributed by atoms with Crippen LogP contribution in [0.3, 0.4) is 0 Å². The van der Waals surface area contributed by atoms with Gasteiger partial charge in [-0.25, -0.2) is 4.98 Å². The van der Waals surface area contributed by atoms with Gasteiger partial charge in [0.05, 0.1) is 37.8 Å². The minimum Gasteiger partial charge on any atom is -0.493 e. The number of pyridine rings is 1. The van der Waals surface area contributed by atoms with Gasteiger partial charge in [-0.05, 0) is 44.2 Å². The van der Waals surface area contributed by atoms with Crippen LogP contribution in [0, 0.1) is 5.92 Å². The van der Waals surface area contributed by atoms with Crippen LogP contribution < -0.4 is 15.2 Å². The molecule has 1 saturated carbocycles. The molecule has 4 rings (SSSR count). The molecule has 2 heterocycles. The molecule has 6 nitrogen and oxygen atoms in total. The number of hydrogen-bond acceptors (Lipinski definition) is 5. The highest BCUT2D eigenvalue weighted by molar-refractivity contribution is 6.03. The van der Waals surface area contributed by atoms with E-state index in [-0.39, 0.29) is 0 Å². The van der Waals surface area contributed by atoms with Crippen LogP contribution >= 0.6 is 0 Å². The van der Waals surface area contributed by atoms with Crippen LogP contribution in [0.1, 0.15) is 31.7 Å². The minimum absolute atomic E-state index is 0.464. The van der Waals surface area contributed by atoms with Crippen molar-refractivity contribution in [2.75, 3.05) is 20.8 Å². The largest absolute Gasteiger partial charge is 0.493 e. The van der Waals surface area contributed by atoms with Gasteiger partial charge in [0.2, 0.25) is 0 Å². The Morgan fingerprint density at radius 3 is 2.44 bits per heavy atom. The van der Waals surface area contributed by atoms with E-state index < -0.39 is 0 Å². The molecular weight excluding hydrogens is 316 g/mol. The van der Waals surface area contributed by atoms with E-state index in [2.05, 4.69) is 14.5 Å². The van der Waals surface area contributed by atoms with Gasteiger partial charge in [0.15, 0.2) is 11.5 Å². The second-order valence-corrected chi connectivity index (χ2v) is 6.78. The average Bonchev–Trinajstić information content (AvgIpc) is 3.11. The molecule has 6 heteroatoms. The van der Waals surface area contributed by atoms with Crippen LogP contribution in [0.2, 0.25) is 0 Å². The molecule has 0 aliphatic heterocycles. The maximum absolute atomic E-state index is 5.84. The highest BCUT2D eigenvalue weighted by Crippen LogP contribution is 2.38. The van der Waals surface area contributed by atoms with Gasteiger partial charge in [-0.2, -0.15) is 0 Å². The first-order valence-electron chi connectivity index (χ1n) is 8.82. The van der Waals surface area contributed by atoms with Crippen molar-refractivity contribution in [3.8, 4) is 11.5 Å². The standard InChI is InChI=1S/C19H24N4O2/c1-24-17-7-14-15(8-18(17)25-2)21-10-16-19(14)23(11-22-16)13-5-3-12(9-20)4-6-13/h7-8,10-13H,3-6,9,20H2,1-2H3. The molecule has 0 spiro atoms. The lowest BCUT2D eigenvalue weighted by Gasteiger charge is -2.29. The molecule has 1 aliphatic carbocycles. The molecule has 1 aliphatic rings. The molecule has 0 unspecified atom stereocenters. The van der Waals surface area contributed by atoms with E-state index in [1.54, 1.807) is 14.2 Å². The highest BCUT2D eigenvalue weighted by atomic mass is 16.5. The topological polar surface area (TPSA) is 75.2 Å². The summed E-state index contributed by atoms with van der Waals surface area (Å²) >= 11 is 0.